The standard InChI is InChI=1S/C14H23NO/c1-10(9-15)11-7-6-8-12(13(11)16-5)14(2,3)4/h6-8,10H,9,15H2,1-5H3. The summed E-state index contributed by atoms with van der Waals surface area (Å²) in [6.07, 6.45) is 0. The highest BCUT2D eigenvalue weighted by molar-refractivity contribution is 5.46. The normalized spacial score (nSPS) is 13.6. The van der Waals surface area contributed by atoms with Gasteiger partial charge in [-0.2, -0.15) is 0 Å². The Hall–Kier alpha value is -1.02. The molecule has 1 unspecified atom stereocenters. The number of methoxy groups -OCH3 is 1. The van der Waals surface area contributed by atoms with Gasteiger partial charge in [0.05, 0.1) is 7.11 Å². The third-order valence-electron chi connectivity index (χ3n) is 2.94. The highest BCUT2D eigenvalue weighted by atomic mass is 16.5. The maximum absolute atomic E-state index is 5.73. The van der Waals surface area contributed by atoms with E-state index in [9.17, 15) is 0 Å². The summed E-state index contributed by atoms with van der Waals surface area (Å²) in [7, 11) is 1.73. The van der Waals surface area contributed by atoms with E-state index in [-0.39, 0.29) is 5.41 Å². The number of hydrogen-bond acceptors (Lipinski definition) is 2. The summed E-state index contributed by atoms with van der Waals surface area (Å²) in [5, 5.41) is 0. The Morgan fingerprint density at radius 3 is 2.38 bits per heavy atom. The first-order valence-corrected chi connectivity index (χ1v) is 5.79. The van der Waals surface area contributed by atoms with Crippen LogP contribution < -0.4 is 10.5 Å². The molecule has 2 heteroatoms. The van der Waals surface area contributed by atoms with E-state index in [1.54, 1.807) is 7.11 Å². The lowest BCUT2D eigenvalue weighted by Gasteiger charge is -2.25. The summed E-state index contributed by atoms with van der Waals surface area (Å²) >= 11 is 0. The van der Waals surface area contributed by atoms with Crippen LogP contribution in [0.25, 0.3) is 0 Å². The van der Waals surface area contributed by atoms with Crippen molar-refractivity contribution < 1.29 is 4.74 Å². The molecule has 2 N–H and O–H groups in total. The van der Waals surface area contributed by atoms with Crippen molar-refractivity contribution in [3.8, 4) is 5.75 Å². The maximum atomic E-state index is 5.73. The second-order valence-corrected chi connectivity index (χ2v) is 5.31. The van der Waals surface area contributed by atoms with Crippen LogP contribution in [0.15, 0.2) is 18.2 Å². The Balaban J connectivity index is 3.32. The smallest absolute Gasteiger partial charge is 0.126 e. The summed E-state index contributed by atoms with van der Waals surface area (Å²) in [4.78, 5) is 0. The number of hydrogen-bond donors (Lipinski definition) is 1. The molecule has 90 valence electrons. The zero-order valence-electron chi connectivity index (χ0n) is 11.0. The van der Waals surface area contributed by atoms with Gasteiger partial charge in [-0.25, -0.2) is 0 Å². The first-order chi connectivity index (χ1) is 7.41. The average molecular weight is 221 g/mol. The highest BCUT2D eigenvalue weighted by Gasteiger charge is 2.22. The lowest BCUT2D eigenvalue weighted by atomic mass is 9.83. The van der Waals surface area contributed by atoms with Crippen LogP contribution in [0.4, 0.5) is 0 Å². The van der Waals surface area contributed by atoms with E-state index in [0.717, 1.165) is 5.75 Å². The van der Waals surface area contributed by atoms with Gasteiger partial charge in [-0.15, -0.1) is 0 Å². The molecule has 1 aromatic carbocycles. The maximum Gasteiger partial charge on any atom is 0.126 e. The molecule has 1 atom stereocenters. The van der Waals surface area contributed by atoms with Gasteiger partial charge in [0.2, 0.25) is 0 Å². The lowest BCUT2D eigenvalue weighted by Crippen LogP contribution is -2.16. The Bertz CT molecular complexity index is 352. The fourth-order valence-electron chi connectivity index (χ4n) is 1.89. The van der Waals surface area contributed by atoms with Gasteiger partial charge >= 0.3 is 0 Å². The third kappa shape index (κ3) is 2.56. The quantitative estimate of drug-likeness (QED) is 0.851. The molecular weight excluding hydrogens is 198 g/mol. The first-order valence-electron chi connectivity index (χ1n) is 5.79. The molecule has 0 aliphatic carbocycles. The minimum Gasteiger partial charge on any atom is -0.496 e. The second kappa shape index (κ2) is 4.88. The van der Waals surface area contributed by atoms with Crippen LogP contribution in [-0.2, 0) is 5.41 Å². The van der Waals surface area contributed by atoms with Crippen LogP contribution in [0, 0.1) is 0 Å². The lowest BCUT2D eigenvalue weighted by molar-refractivity contribution is 0.390. The van der Waals surface area contributed by atoms with Crippen LogP contribution in [-0.4, -0.2) is 13.7 Å². The van der Waals surface area contributed by atoms with Crippen molar-refractivity contribution in [2.45, 2.75) is 39.0 Å². The van der Waals surface area contributed by atoms with E-state index in [1.807, 2.05) is 0 Å². The molecule has 1 aromatic rings. The van der Waals surface area contributed by atoms with E-state index in [0.29, 0.717) is 12.5 Å². The predicted octanol–water partition coefficient (Wildman–Crippen LogP) is 3.05. The number of benzene rings is 1. The molecule has 0 saturated heterocycles. The molecule has 0 saturated carbocycles. The average Bonchev–Trinajstić information content (AvgIpc) is 2.25. The van der Waals surface area contributed by atoms with Gasteiger partial charge in [-0.05, 0) is 29.0 Å². The summed E-state index contributed by atoms with van der Waals surface area (Å²) in [5.74, 6) is 1.32. The number of ether oxygens (including phenoxy) is 1. The van der Waals surface area contributed by atoms with Gasteiger partial charge in [0.1, 0.15) is 5.75 Å². The van der Waals surface area contributed by atoms with Crippen LogP contribution >= 0.6 is 0 Å². The van der Waals surface area contributed by atoms with Gasteiger partial charge in [-0.3, -0.25) is 0 Å². The van der Waals surface area contributed by atoms with Gasteiger partial charge < -0.3 is 10.5 Å². The molecule has 0 radical (unpaired) electrons. The van der Waals surface area contributed by atoms with Crippen molar-refractivity contribution in [2.75, 3.05) is 13.7 Å². The summed E-state index contributed by atoms with van der Waals surface area (Å²) in [6.45, 7) is 9.36. The van der Waals surface area contributed by atoms with E-state index in [4.69, 9.17) is 10.5 Å². The van der Waals surface area contributed by atoms with Crippen LogP contribution in [0.5, 0.6) is 5.75 Å². The molecule has 0 amide bonds. The molecular formula is C14H23NO. The Labute approximate surface area is 98.8 Å². The Morgan fingerprint density at radius 1 is 1.31 bits per heavy atom. The minimum atomic E-state index is 0.0929. The summed E-state index contributed by atoms with van der Waals surface area (Å²) < 4.78 is 5.57. The third-order valence-corrected chi connectivity index (χ3v) is 2.94. The van der Waals surface area contributed by atoms with Gasteiger partial charge in [0, 0.05) is 0 Å². The minimum absolute atomic E-state index is 0.0929. The molecule has 16 heavy (non-hydrogen) atoms. The predicted molar refractivity (Wildman–Crippen MR) is 69.2 cm³/mol. The first kappa shape index (κ1) is 13.0. The van der Waals surface area contributed by atoms with Gasteiger partial charge in [0.25, 0.3) is 0 Å². The van der Waals surface area contributed by atoms with E-state index in [2.05, 4.69) is 45.9 Å². The Kier molecular flexibility index (Phi) is 3.98. The summed E-state index contributed by atoms with van der Waals surface area (Å²) in [6, 6.07) is 6.32. The Morgan fingerprint density at radius 2 is 1.94 bits per heavy atom. The summed E-state index contributed by atoms with van der Waals surface area (Å²) in [5.41, 5.74) is 8.27. The highest BCUT2D eigenvalue weighted by Crippen LogP contribution is 2.36. The number of rotatable bonds is 3. The molecule has 2 nitrogen and oxygen atoms in total. The SMILES string of the molecule is COc1c(C(C)CN)cccc1C(C)(C)C. The van der Waals surface area contributed by atoms with E-state index >= 15 is 0 Å². The van der Waals surface area contributed by atoms with Crippen molar-refractivity contribution in [3.63, 3.8) is 0 Å². The van der Waals surface area contributed by atoms with Gasteiger partial charge in [0.15, 0.2) is 0 Å². The molecule has 0 aliphatic rings. The van der Waals surface area contributed by atoms with Crippen molar-refractivity contribution in [1.82, 2.24) is 0 Å². The molecule has 0 fully saturated rings. The molecule has 0 aliphatic heterocycles. The number of para-hydroxylation sites is 1. The topological polar surface area (TPSA) is 35.2 Å². The molecule has 0 bridgehead atoms. The largest absolute Gasteiger partial charge is 0.496 e. The van der Waals surface area contributed by atoms with Gasteiger partial charge in [-0.1, -0.05) is 45.9 Å². The fourth-order valence-corrected chi connectivity index (χ4v) is 1.89. The second-order valence-electron chi connectivity index (χ2n) is 5.31. The zero-order valence-corrected chi connectivity index (χ0v) is 11.0. The molecule has 0 heterocycles. The van der Waals surface area contributed by atoms with E-state index in [1.165, 1.54) is 11.1 Å². The van der Waals surface area contributed by atoms with Crippen LogP contribution in [0.1, 0.15) is 44.7 Å². The van der Waals surface area contributed by atoms with Crippen molar-refractivity contribution in [3.05, 3.63) is 29.3 Å². The van der Waals surface area contributed by atoms with Crippen molar-refractivity contribution >= 4 is 0 Å². The fraction of sp³-hybridized carbons (Fsp3) is 0.571. The van der Waals surface area contributed by atoms with E-state index < -0.39 is 0 Å². The molecule has 1 rings (SSSR count). The van der Waals surface area contributed by atoms with Crippen molar-refractivity contribution in [2.24, 2.45) is 5.73 Å². The molecule has 0 aromatic heterocycles. The van der Waals surface area contributed by atoms with Crippen LogP contribution in [0.2, 0.25) is 0 Å². The number of nitrogens with two attached hydrogens (primary N) is 1. The monoisotopic (exact) mass is 221 g/mol. The zero-order chi connectivity index (χ0) is 12.3. The van der Waals surface area contributed by atoms with Crippen molar-refractivity contribution in [1.29, 1.82) is 0 Å². The van der Waals surface area contributed by atoms with Crippen LogP contribution in [0.3, 0.4) is 0 Å². The molecule has 0 spiro atoms.